The van der Waals surface area contributed by atoms with Crippen LogP contribution in [0.4, 0.5) is 5.69 Å². The Morgan fingerprint density at radius 2 is 1.71 bits per heavy atom. The fraction of sp³-hybridized carbons (Fsp3) is 0.200. The first-order chi connectivity index (χ1) is 16.0. The average molecular weight is 484 g/mol. The first kappa shape index (κ1) is 24.9. The number of rotatable bonds is 7. The Kier molecular flexibility index (Phi) is 8.04. The lowest BCUT2D eigenvalue weighted by molar-refractivity contribution is -0.130. The van der Waals surface area contributed by atoms with Gasteiger partial charge in [0, 0.05) is 20.5 Å². The SMILES string of the molecule is COc1ccc(C2CC(c3ccc(NS(=O)c4cccc(OC)c4)cc3)=NN2C(C)=O)cc1.O.[HH]. The van der Waals surface area contributed by atoms with E-state index >= 15 is 0 Å². The van der Waals surface area contributed by atoms with Crippen LogP contribution in [0, 0.1) is 0 Å². The van der Waals surface area contributed by atoms with Gasteiger partial charge in [-0.15, -0.1) is 0 Å². The molecule has 34 heavy (non-hydrogen) atoms. The normalized spacial score (nSPS) is 15.7. The highest BCUT2D eigenvalue weighted by Gasteiger charge is 2.31. The summed E-state index contributed by atoms with van der Waals surface area (Å²) in [5.74, 6) is 1.30. The molecule has 0 radical (unpaired) electrons. The van der Waals surface area contributed by atoms with E-state index in [2.05, 4.69) is 9.82 Å². The number of carbonyl (C=O) groups is 1. The molecule has 3 N–H and O–H groups in total. The van der Waals surface area contributed by atoms with E-state index in [4.69, 9.17) is 9.47 Å². The number of amides is 1. The highest BCUT2D eigenvalue weighted by atomic mass is 32.2. The summed E-state index contributed by atoms with van der Waals surface area (Å²) in [6.45, 7) is 1.52. The van der Waals surface area contributed by atoms with Gasteiger partial charge in [-0.3, -0.25) is 4.79 Å². The maximum absolute atomic E-state index is 12.7. The Morgan fingerprint density at radius 3 is 2.32 bits per heavy atom. The van der Waals surface area contributed by atoms with Crippen LogP contribution < -0.4 is 14.2 Å². The summed E-state index contributed by atoms with van der Waals surface area (Å²) in [7, 11) is 1.78. The van der Waals surface area contributed by atoms with Gasteiger partial charge in [-0.2, -0.15) is 5.10 Å². The number of hydrazone groups is 1. The second kappa shape index (κ2) is 11.0. The van der Waals surface area contributed by atoms with E-state index in [0.29, 0.717) is 22.8 Å². The standard InChI is InChI=1S/C25H25N3O4S.H2O.H2/c1-17(29)28-25(19-9-13-21(31-2)14-10-19)16-24(26-28)18-7-11-20(12-8-18)27-33(30)23-6-4-5-22(15-23)32-3;;/h4-15,25,27H,16H2,1-3H3;1H2;1H. The van der Waals surface area contributed by atoms with Crippen LogP contribution in [0.3, 0.4) is 0 Å². The minimum atomic E-state index is -1.42. The van der Waals surface area contributed by atoms with E-state index in [0.717, 1.165) is 22.6 Å². The van der Waals surface area contributed by atoms with Crippen molar-refractivity contribution in [3.8, 4) is 11.5 Å². The first-order valence-corrected chi connectivity index (χ1v) is 11.6. The van der Waals surface area contributed by atoms with Gasteiger partial charge in [-0.1, -0.05) is 30.3 Å². The van der Waals surface area contributed by atoms with Crippen molar-refractivity contribution in [1.29, 1.82) is 0 Å². The predicted octanol–water partition coefficient (Wildman–Crippen LogP) is 3.96. The maximum atomic E-state index is 12.7. The van der Waals surface area contributed by atoms with Crippen molar-refractivity contribution >= 4 is 28.3 Å². The molecule has 1 heterocycles. The van der Waals surface area contributed by atoms with Crippen molar-refractivity contribution in [1.82, 2.24) is 5.01 Å². The number of ether oxygens (including phenoxy) is 2. The second-order valence-electron chi connectivity index (χ2n) is 7.53. The molecule has 0 saturated carbocycles. The van der Waals surface area contributed by atoms with Gasteiger partial charge in [0.15, 0.2) is 0 Å². The van der Waals surface area contributed by atoms with Gasteiger partial charge in [-0.05, 0) is 53.6 Å². The largest absolute Gasteiger partial charge is 0.497 e. The van der Waals surface area contributed by atoms with Crippen LogP contribution >= 0.6 is 0 Å². The van der Waals surface area contributed by atoms with Crippen LogP contribution in [-0.2, 0) is 15.8 Å². The number of methoxy groups -OCH3 is 2. The smallest absolute Gasteiger partial charge is 0.240 e. The zero-order valence-corrected chi connectivity index (χ0v) is 20.0. The topological polar surface area (TPSA) is 112 Å². The second-order valence-corrected chi connectivity index (χ2v) is 8.74. The van der Waals surface area contributed by atoms with E-state index in [1.165, 1.54) is 11.9 Å². The molecule has 0 bridgehead atoms. The number of carbonyl (C=O) groups excluding carboxylic acids is 1. The molecule has 3 aromatic rings. The van der Waals surface area contributed by atoms with E-state index in [9.17, 15) is 9.00 Å². The Hall–Kier alpha value is -3.69. The third-order valence-electron chi connectivity index (χ3n) is 5.42. The number of hydrogen-bond acceptors (Lipinski definition) is 5. The molecule has 180 valence electrons. The van der Waals surface area contributed by atoms with Gasteiger partial charge < -0.3 is 19.7 Å². The molecule has 3 aromatic carbocycles. The predicted molar refractivity (Wildman–Crippen MR) is 135 cm³/mol. The molecule has 0 fully saturated rings. The summed E-state index contributed by atoms with van der Waals surface area (Å²) >= 11 is 0. The van der Waals surface area contributed by atoms with Crippen LogP contribution in [0.25, 0.3) is 0 Å². The third-order valence-corrected chi connectivity index (χ3v) is 6.52. The van der Waals surface area contributed by atoms with Gasteiger partial charge >= 0.3 is 0 Å². The van der Waals surface area contributed by atoms with Crippen molar-refractivity contribution in [2.75, 3.05) is 18.9 Å². The zero-order valence-electron chi connectivity index (χ0n) is 19.1. The number of nitrogens with one attached hydrogen (secondary N) is 1. The molecule has 1 amide bonds. The Labute approximate surface area is 202 Å². The molecule has 0 spiro atoms. The monoisotopic (exact) mass is 483 g/mol. The summed E-state index contributed by atoms with van der Waals surface area (Å²) < 4.78 is 26.1. The van der Waals surface area contributed by atoms with Crippen molar-refractivity contribution in [3.63, 3.8) is 0 Å². The Morgan fingerprint density at radius 1 is 1.03 bits per heavy atom. The average Bonchev–Trinajstić information content (AvgIpc) is 3.30. The lowest BCUT2D eigenvalue weighted by Gasteiger charge is -2.20. The van der Waals surface area contributed by atoms with E-state index in [1.54, 1.807) is 38.5 Å². The minimum absolute atomic E-state index is 0. The summed E-state index contributed by atoms with van der Waals surface area (Å²) in [5.41, 5.74) is 3.45. The molecule has 0 aromatic heterocycles. The maximum Gasteiger partial charge on any atom is 0.240 e. The molecule has 9 heteroatoms. The van der Waals surface area contributed by atoms with Gasteiger partial charge in [-0.25, -0.2) is 9.22 Å². The molecule has 4 rings (SSSR count). The Bertz CT molecular complexity index is 1200. The molecular formula is C25H29N3O5S. The van der Waals surface area contributed by atoms with Gasteiger partial charge in [0.05, 0.1) is 30.9 Å². The highest BCUT2D eigenvalue weighted by Crippen LogP contribution is 2.33. The molecule has 1 aliphatic heterocycles. The molecular weight excluding hydrogens is 454 g/mol. The third kappa shape index (κ3) is 5.44. The van der Waals surface area contributed by atoms with Gasteiger partial charge in [0.25, 0.3) is 0 Å². The fourth-order valence-corrected chi connectivity index (χ4v) is 4.57. The van der Waals surface area contributed by atoms with Crippen molar-refractivity contribution < 1.29 is 25.4 Å². The van der Waals surface area contributed by atoms with E-state index in [-0.39, 0.29) is 18.9 Å². The van der Waals surface area contributed by atoms with Crippen LogP contribution in [0.2, 0.25) is 0 Å². The van der Waals surface area contributed by atoms with E-state index < -0.39 is 11.0 Å². The van der Waals surface area contributed by atoms with Crippen LogP contribution in [0.5, 0.6) is 11.5 Å². The Balaban J connectivity index is 0.00000216. The summed E-state index contributed by atoms with van der Waals surface area (Å²) in [5, 5.41) is 6.12. The number of anilines is 1. The van der Waals surface area contributed by atoms with Crippen LogP contribution in [0.1, 0.15) is 31.9 Å². The molecule has 2 unspecified atom stereocenters. The molecule has 0 saturated heterocycles. The number of benzene rings is 3. The highest BCUT2D eigenvalue weighted by molar-refractivity contribution is 7.86. The zero-order chi connectivity index (χ0) is 23.4. The molecule has 8 nitrogen and oxygen atoms in total. The summed E-state index contributed by atoms with van der Waals surface area (Å²) in [6, 6.07) is 22.2. The fourth-order valence-electron chi connectivity index (χ4n) is 3.67. The molecule has 2 atom stereocenters. The number of nitrogens with zero attached hydrogens (tertiary/aromatic N) is 2. The lowest BCUT2D eigenvalue weighted by atomic mass is 9.98. The summed E-state index contributed by atoms with van der Waals surface area (Å²) in [6.07, 6.45) is 0.606. The van der Waals surface area contributed by atoms with Crippen molar-refractivity contribution in [2.45, 2.75) is 24.3 Å². The molecule has 0 aliphatic carbocycles. The van der Waals surface area contributed by atoms with Crippen LogP contribution in [-0.4, -0.2) is 40.5 Å². The lowest BCUT2D eigenvalue weighted by Crippen LogP contribution is -2.24. The van der Waals surface area contributed by atoms with Crippen molar-refractivity contribution in [2.24, 2.45) is 5.10 Å². The number of hydrogen-bond donors (Lipinski definition) is 1. The molecule has 1 aliphatic rings. The van der Waals surface area contributed by atoms with Crippen LogP contribution in [0.15, 0.2) is 82.8 Å². The van der Waals surface area contributed by atoms with Crippen molar-refractivity contribution in [3.05, 3.63) is 83.9 Å². The van der Waals surface area contributed by atoms with E-state index in [1.807, 2.05) is 48.5 Å². The van der Waals surface area contributed by atoms with Gasteiger partial charge in [0.1, 0.15) is 22.5 Å². The minimum Gasteiger partial charge on any atom is -0.497 e. The van der Waals surface area contributed by atoms with Gasteiger partial charge in [0.2, 0.25) is 5.91 Å². The quantitative estimate of drug-likeness (QED) is 0.548. The first-order valence-electron chi connectivity index (χ1n) is 10.4. The summed E-state index contributed by atoms with van der Waals surface area (Å²) in [4.78, 5) is 12.9.